The van der Waals surface area contributed by atoms with Crippen LogP contribution in [0.3, 0.4) is 0 Å². The molecule has 1 saturated heterocycles. The molecule has 24 heavy (non-hydrogen) atoms. The summed E-state index contributed by atoms with van der Waals surface area (Å²) in [6.07, 6.45) is 1.10. The second kappa shape index (κ2) is 7.18. The highest BCUT2D eigenvalue weighted by atomic mass is 79.9. The van der Waals surface area contributed by atoms with Crippen molar-refractivity contribution in [3.8, 4) is 0 Å². The molecule has 0 bridgehead atoms. The minimum atomic E-state index is -0.328. The number of aryl methyl sites for hydroxylation is 1. The van der Waals surface area contributed by atoms with Gasteiger partial charge in [-0.05, 0) is 42.3 Å². The summed E-state index contributed by atoms with van der Waals surface area (Å²) in [5.41, 5.74) is 2.76. The van der Waals surface area contributed by atoms with Crippen molar-refractivity contribution in [1.82, 2.24) is 0 Å². The van der Waals surface area contributed by atoms with Crippen LogP contribution in [-0.2, 0) is 16.0 Å². The van der Waals surface area contributed by atoms with E-state index in [4.69, 9.17) is 0 Å². The molecular formula is C19H19BrN2O2. The van der Waals surface area contributed by atoms with Crippen molar-refractivity contribution in [3.05, 3.63) is 58.6 Å². The van der Waals surface area contributed by atoms with Crippen LogP contribution >= 0.6 is 15.9 Å². The van der Waals surface area contributed by atoms with Gasteiger partial charge in [0.2, 0.25) is 11.8 Å². The van der Waals surface area contributed by atoms with E-state index in [2.05, 4.69) is 28.2 Å². The lowest BCUT2D eigenvalue weighted by molar-refractivity contribution is -0.122. The molecule has 2 aromatic carbocycles. The predicted molar refractivity (Wildman–Crippen MR) is 99.1 cm³/mol. The summed E-state index contributed by atoms with van der Waals surface area (Å²) in [5, 5.41) is 2.98. The van der Waals surface area contributed by atoms with Crippen molar-refractivity contribution >= 4 is 39.1 Å². The van der Waals surface area contributed by atoms with E-state index in [1.807, 2.05) is 48.5 Å². The zero-order valence-corrected chi connectivity index (χ0v) is 15.0. The summed E-state index contributed by atoms with van der Waals surface area (Å²) in [6.45, 7) is 2.47. The molecule has 3 rings (SSSR count). The standard InChI is InChI=1S/C19H19BrN2O2/c1-2-13-5-3-4-6-17(13)21-19(24)14-11-18(23)22(12-14)16-9-7-15(20)8-10-16/h3-10,14H,2,11-12H2,1H3,(H,21,24)/t14-/m0/s1. The number of nitrogens with zero attached hydrogens (tertiary/aromatic N) is 1. The molecule has 0 saturated carbocycles. The van der Waals surface area contributed by atoms with Gasteiger partial charge in [-0.2, -0.15) is 0 Å². The Labute approximate surface area is 150 Å². The van der Waals surface area contributed by atoms with Crippen LogP contribution in [0.5, 0.6) is 0 Å². The number of amides is 2. The molecule has 2 aromatic rings. The fourth-order valence-electron chi connectivity index (χ4n) is 2.94. The number of carbonyl (C=O) groups is 2. The molecule has 1 aliphatic heterocycles. The Hall–Kier alpha value is -2.14. The highest BCUT2D eigenvalue weighted by molar-refractivity contribution is 9.10. The molecule has 0 unspecified atom stereocenters. The van der Waals surface area contributed by atoms with E-state index in [0.717, 1.165) is 27.8 Å². The van der Waals surface area contributed by atoms with Crippen LogP contribution in [0.4, 0.5) is 11.4 Å². The third kappa shape index (κ3) is 3.51. The zero-order chi connectivity index (χ0) is 17.1. The Bertz CT molecular complexity index is 758. The molecule has 0 aromatic heterocycles. The van der Waals surface area contributed by atoms with E-state index >= 15 is 0 Å². The molecular weight excluding hydrogens is 368 g/mol. The van der Waals surface area contributed by atoms with Crippen LogP contribution in [0.25, 0.3) is 0 Å². The average molecular weight is 387 g/mol. The molecule has 0 radical (unpaired) electrons. The first kappa shape index (κ1) is 16.7. The highest BCUT2D eigenvalue weighted by Crippen LogP contribution is 2.27. The average Bonchev–Trinajstić information content (AvgIpc) is 2.98. The summed E-state index contributed by atoms with van der Waals surface area (Å²) < 4.78 is 0.961. The fourth-order valence-corrected chi connectivity index (χ4v) is 3.20. The lowest BCUT2D eigenvalue weighted by Gasteiger charge is -2.17. The number of halogens is 1. The van der Waals surface area contributed by atoms with Crippen LogP contribution < -0.4 is 10.2 Å². The molecule has 0 spiro atoms. The Kier molecular flexibility index (Phi) is 5.00. The minimum Gasteiger partial charge on any atom is -0.326 e. The SMILES string of the molecule is CCc1ccccc1NC(=O)[C@H]1CC(=O)N(c2ccc(Br)cc2)C1. The molecule has 2 amide bonds. The van der Waals surface area contributed by atoms with Crippen molar-refractivity contribution in [1.29, 1.82) is 0 Å². The van der Waals surface area contributed by atoms with Crippen molar-refractivity contribution in [2.24, 2.45) is 5.92 Å². The zero-order valence-electron chi connectivity index (χ0n) is 13.5. The van der Waals surface area contributed by atoms with Crippen LogP contribution in [0.1, 0.15) is 18.9 Å². The lowest BCUT2D eigenvalue weighted by Crippen LogP contribution is -2.28. The molecule has 1 aliphatic rings. The number of hydrogen-bond acceptors (Lipinski definition) is 2. The Morgan fingerprint density at radius 3 is 2.62 bits per heavy atom. The largest absolute Gasteiger partial charge is 0.326 e. The number of para-hydroxylation sites is 1. The molecule has 1 fully saturated rings. The van der Waals surface area contributed by atoms with E-state index in [9.17, 15) is 9.59 Å². The molecule has 1 atom stereocenters. The first-order valence-electron chi connectivity index (χ1n) is 8.03. The van der Waals surface area contributed by atoms with Crippen LogP contribution in [0.2, 0.25) is 0 Å². The number of benzene rings is 2. The molecule has 124 valence electrons. The second-order valence-electron chi connectivity index (χ2n) is 5.88. The summed E-state index contributed by atoms with van der Waals surface area (Å²) >= 11 is 3.39. The maximum atomic E-state index is 12.6. The first-order chi connectivity index (χ1) is 11.6. The second-order valence-corrected chi connectivity index (χ2v) is 6.80. The van der Waals surface area contributed by atoms with Gasteiger partial charge in [0, 0.05) is 28.8 Å². The number of rotatable bonds is 4. The maximum Gasteiger partial charge on any atom is 0.229 e. The number of nitrogens with one attached hydrogen (secondary N) is 1. The highest BCUT2D eigenvalue weighted by Gasteiger charge is 2.35. The van der Waals surface area contributed by atoms with Crippen molar-refractivity contribution in [2.75, 3.05) is 16.8 Å². The van der Waals surface area contributed by atoms with E-state index in [0.29, 0.717) is 6.54 Å². The third-order valence-electron chi connectivity index (χ3n) is 4.29. The molecule has 4 nitrogen and oxygen atoms in total. The Balaban J connectivity index is 1.71. The van der Waals surface area contributed by atoms with E-state index in [1.165, 1.54) is 0 Å². The molecule has 1 heterocycles. The minimum absolute atomic E-state index is 0.0127. The van der Waals surface area contributed by atoms with Gasteiger partial charge in [-0.25, -0.2) is 0 Å². The Morgan fingerprint density at radius 1 is 1.21 bits per heavy atom. The van der Waals surface area contributed by atoms with Crippen LogP contribution in [0.15, 0.2) is 53.0 Å². The van der Waals surface area contributed by atoms with Gasteiger partial charge in [0.15, 0.2) is 0 Å². The van der Waals surface area contributed by atoms with Gasteiger partial charge < -0.3 is 10.2 Å². The number of hydrogen-bond donors (Lipinski definition) is 1. The normalized spacial score (nSPS) is 17.2. The maximum absolute atomic E-state index is 12.6. The quantitative estimate of drug-likeness (QED) is 0.862. The third-order valence-corrected chi connectivity index (χ3v) is 4.82. The summed E-state index contributed by atoms with van der Waals surface area (Å²) in [4.78, 5) is 26.5. The van der Waals surface area contributed by atoms with Crippen molar-refractivity contribution in [2.45, 2.75) is 19.8 Å². The van der Waals surface area contributed by atoms with Gasteiger partial charge in [-0.1, -0.05) is 41.1 Å². The van der Waals surface area contributed by atoms with Gasteiger partial charge in [0.1, 0.15) is 0 Å². The first-order valence-corrected chi connectivity index (χ1v) is 8.82. The number of carbonyl (C=O) groups excluding carboxylic acids is 2. The predicted octanol–water partition coefficient (Wildman–Crippen LogP) is 4.00. The van der Waals surface area contributed by atoms with Gasteiger partial charge in [-0.3, -0.25) is 9.59 Å². The topological polar surface area (TPSA) is 49.4 Å². The molecule has 1 N–H and O–H groups in total. The van der Waals surface area contributed by atoms with E-state index < -0.39 is 0 Å². The Morgan fingerprint density at radius 2 is 1.92 bits per heavy atom. The molecule has 5 heteroatoms. The van der Waals surface area contributed by atoms with Gasteiger partial charge in [-0.15, -0.1) is 0 Å². The van der Waals surface area contributed by atoms with Crippen LogP contribution in [0, 0.1) is 5.92 Å². The summed E-state index contributed by atoms with van der Waals surface area (Å²) in [6, 6.07) is 15.3. The van der Waals surface area contributed by atoms with Crippen molar-refractivity contribution in [3.63, 3.8) is 0 Å². The monoisotopic (exact) mass is 386 g/mol. The van der Waals surface area contributed by atoms with Crippen molar-refractivity contribution < 1.29 is 9.59 Å². The number of anilines is 2. The fraction of sp³-hybridized carbons (Fsp3) is 0.263. The van der Waals surface area contributed by atoms with E-state index in [1.54, 1.807) is 4.90 Å². The summed E-state index contributed by atoms with van der Waals surface area (Å²) in [5.74, 6) is -0.434. The van der Waals surface area contributed by atoms with Crippen LogP contribution in [-0.4, -0.2) is 18.4 Å². The smallest absolute Gasteiger partial charge is 0.229 e. The van der Waals surface area contributed by atoms with E-state index in [-0.39, 0.29) is 24.2 Å². The van der Waals surface area contributed by atoms with Gasteiger partial charge in [0.05, 0.1) is 5.92 Å². The van der Waals surface area contributed by atoms with Gasteiger partial charge in [0.25, 0.3) is 0 Å². The molecule has 0 aliphatic carbocycles. The summed E-state index contributed by atoms with van der Waals surface area (Å²) in [7, 11) is 0. The van der Waals surface area contributed by atoms with Gasteiger partial charge >= 0.3 is 0 Å². The lowest BCUT2D eigenvalue weighted by atomic mass is 10.1.